The van der Waals surface area contributed by atoms with Crippen molar-refractivity contribution >= 4 is 27.8 Å². The molecule has 1 aromatic carbocycles. The minimum Gasteiger partial charge on any atom is -0.338 e. The fourth-order valence-electron chi connectivity index (χ4n) is 2.45. The lowest BCUT2D eigenvalue weighted by atomic mass is 10.2. The summed E-state index contributed by atoms with van der Waals surface area (Å²) in [5.74, 6) is 0. The summed E-state index contributed by atoms with van der Waals surface area (Å²) >= 11 is 0. The summed E-state index contributed by atoms with van der Waals surface area (Å²) in [4.78, 5) is 26.7. The second-order valence-electron chi connectivity index (χ2n) is 4.75. The quantitative estimate of drug-likeness (QED) is 0.452. The minimum atomic E-state index is -0.469. The molecule has 0 spiro atoms. The number of rotatable bonds is 2. The van der Waals surface area contributed by atoms with Crippen molar-refractivity contribution in [3.63, 3.8) is 0 Å². The van der Waals surface area contributed by atoms with E-state index in [9.17, 15) is 10.1 Å². The highest BCUT2D eigenvalue weighted by Gasteiger charge is 2.18. The zero-order valence-corrected chi connectivity index (χ0v) is 11.2. The van der Waals surface area contributed by atoms with E-state index in [2.05, 4.69) is 19.9 Å². The molecule has 7 nitrogen and oxygen atoms in total. The average Bonchev–Trinajstić information content (AvgIpc) is 2.92. The first-order chi connectivity index (χ1) is 10.7. The van der Waals surface area contributed by atoms with E-state index in [0.29, 0.717) is 16.9 Å². The number of fused-ring (bicyclic) bond motifs is 3. The molecule has 4 rings (SSSR count). The Balaban J connectivity index is 2.00. The molecule has 3 heterocycles. The van der Waals surface area contributed by atoms with Crippen molar-refractivity contribution in [3.05, 3.63) is 58.9 Å². The molecule has 0 amide bonds. The van der Waals surface area contributed by atoms with Crippen molar-refractivity contribution in [1.29, 1.82) is 0 Å². The van der Waals surface area contributed by atoms with E-state index < -0.39 is 4.92 Å². The Bertz CT molecular complexity index is 1020. The van der Waals surface area contributed by atoms with Gasteiger partial charge in [0.15, 0.2) is 11.3 Å². The number of nitrogens with one attached hydrogen (secondary N) is 1. The van der Waals surface area contributed by atoms with Crippen molar-refractivity contribution in [3.8, 4) is 11.4 Å². The molecular weight excluding hydrogens is 282 g/mol. The van der Waals surface area contributed by atoms with E-state index in [1.807, 2.05) is 24.3 Å². The predicted octanol–water partition coefficient (Wildman–Crippen LogP) is 3.08. The maximum absolute atomic E-state index is 11.1. The third-order valence-corrected chi connectivity index (χ3v) is 3.43. The Labute approximate surface area is 123 Å². The smallest absolute Gasteiger partial charge is 0.297 e. The number of benzene rings is 1. The fourth-order valence-corrected chi connectivity index (χ4v) is 2.45. The molecule has 22 heavy (non-hydrogen) atoms. The summed E-state index contributed by atoms with van der Waals surface area (Å²) in [6.07, 6.45) is 3.00. The van der Waals surface area contributed by atoms with Crippen LogP contribution in [-0.2, 0) is 0 Å². The molecule has 0 aliphatic rings. The monoisotopic (exact) mass is 291 g/mol. The molecule has 106 valence electrons. The van der Waals surface area contributed by atoms with Crippen LogP contribution in [0.1, 0.15) is 0 Å². The molecule has 7 heteroatoms. The third kappa shape index (κ3) is 1.80. The molecule has 0 unspecified atom stereocenters. The van der Waals surface area contributed by atoms with Gasteiger partial charge in [-0.05, 0) is 12.1 Å². The van der Waals surface area contributed by atoms with Crippen LogP contribution in [0.4, 0.5) is 5.69 Å². The van der Waals surface area contributed by atoms with Crippen molar-refractivity contribution < 1.29 is 4.92 Å². The largest absolute Gasteiger partial charge is 0.338 e. The Morgan fingerprint density at radius 1 is 1.09 bits per heavy atom. The number of aromatic nitrogens is 4. The predicted molar refractivity (Wildman–Crippen MR) is 81.3 cm³/mol. The van der Waals surface area contributed by atoms with E-state index in [1.165, 1.54) is 24.5 Å². The Hall–Kier alpha value is -3.35. The summed E-state index contributed by atoms with van der Waals surface area (Å²) in [6, 6.07) is 10.6. The normalized spacial score (nSPS) is 11.1. The Morgan fingerprint density at radius 2 is 1.95 bits per heavy atom. The highest BCUT2D eigenvalue weighted by molar-refractivity contribution is 6.03. The SMILES string of the molecule is O=[N+]([O-])c1cccnc1-c1cnc2[nH]c3ccccc3c2n1. The molecule has 3 aromatic heterocycles. The topological polar surface area (TPSA) is 97.6 Å². The maximum atomic E-state index is 11.1. The first-order valence-electron chi connectivity index (χ1n) is 6.57. The Morgan fingerprint density at radius 3 is 2.82 bits per heavy atom. The minimum absolute atomic E-state index is 0.0870. The second-order valence-corrected chi connectivity index (χ2v) is 4.75. The van der Waals surface area contributed by atoms with Gasteiger partial charge < -0.3 is 4.98 Å². The van der Waals surface area contributed by atoms with Gasteiger partial charge in [-0.3, -0.25) is 10.1 Å². The van der Waals surface area contributed by atoms with Gasteiger partial charge in [0, 0.05) is 23.2 Å². The van der Waals surface area contributed by atoms with Crippen LogP contribution in [0.15, 0.2) is 48.8 Å². The summed E-state index contributed by atoms with van der Waals surface area (Å²) in [5, 5.41) is 12.1. The standard InChI is InChI=1S/C15H9N5O2/c21-20(22)12-6-3-7-16-14(12)11-8-17-15-13(18-11)9-4-1-2-5-10(9)19-15/h1-8H,(H,17,19). The van der Waals surface area contributed by atoms with Gasteiger partial charge in [0.1, 0.15) is 11.2 Å². The molecule has 0 saturated heterocycles. The molecule has 0 aliphatic carbocycles. The van der Waals surface area contributed by atoms with Gasteiger partial charge in [0.05, 0.1) is 11.1 Å². The summed E-state index contributed by atoms with van der Waals surface area (Å²) < 4.78 is 0. The number of aromatic amines is 1. The van der Waals surface area contributed by atoms with Crippen molar-refractivity contribution in [2.75, 3.05) is 0 Å². The second kappa shape index (κ2) is 4.59. The first kappa shape index (κ1) is 12.4. The number of para-hydroxylation sites is 1. The summed E-state index contributed by atoms with van der Waals surface area (Å²) in [6.45, 7) is 0. The van der Waals surface area contributed by atoms with Crippen LogP contribution in [0, 0.1) is 10.1 Å². The van der Waals surface area contributed by atoms with Crippen LogP contribution in [0.5, 0.6) is 0 Å². The van der Waals surface area contributed by atoms with Crippen molar-refractivity contribution in [1.82, 2.24) is 19.9 Å². The molecule has 0 radical (unpaired) electrons. The third-order valence-electron chi connectivity index (χ3n) is 3.43. The van der Waals surface area contributed by atoms with E-state index in [4.69, 9.17) is 0 Å². The van der Waals surface area contributed by atoms with Gasteiger partial charge in [-0.2, -0.15) is 0 Å². The first-order valence-corrected chi connectivity index (χ1v) is 6.57. The fraction of sp³-hybridized carbons (Fsp3) is 0. The zero-order chi connectivity index (χ0) is 15.1. The van der Waals surface area contributed by atoms with Crippen LogP contribution < -0.4 is 0 Å². The van der Waals surface area contributed by atoms with E-state index in [-0.39, 0.29) is 11.4 Å². The van der Waals surface area contributed by atoms with Gasteiger partial charge in [0.25, 0.3) is 5.69 Å². The van der Waals surface area contributed by atoms with Gasteiger partial charge >= 0.3 is 0 Å². The molecule has 4 aromatic rings. The molecule has 0 atom stereocenters. The highest BCUT2D eigenvalue weighted by Crippen LogP contribution is 2.28. The Kier molecular flexibility index (Phi) is 2.59. The van der Waals surface area contributed by atoms with Crippen molar-refractivity contribution in [2.45, 2.75) is 0 Å². The molecule has 0 bridgehead atoms. The number of nitrogens with zero attached hydrogens (tertiary/aromatic N) is 4. The molecule has 0 saturated carbocycles. The summed E-state index contributed by atoms with van der Waals surface area (Å²) in [5.41, 5.74) is 2.74. The van der Waals surface area contributed by atoms with Crippen LogP contribution in [0.2, 0.25) is 0 Å². The van der Waals surface area contributed by atoms with Gasteiger partial charge in [-0.25, -0.2) is 15.0 Å². The van der Waals surface area contributed by atoms with Crippen LogP contribution in [0.25, 0.3) is 33.5 Å². The molecular formula is C15H9N5O2. The average molecular weight is 291 g/mol. The maximum Gasteiger partial charge on any atom is 0.297 e. The molecule has 0 aliphatic heterocycles. The lowest BCUT2D eigenvalue weighted by molar-refractivity contribution is -0.384. The van der Waals surface area contributed by atoms with Crippen molar-refractivity contribution in [2.24, 2.45) is 0 Å². The number of H-pyrrole nitrogens is 1. The van der Waals surface area contributed by atoms with Gasteiger partial charge in [0.2, 0.25) is 0 Å². The van der Waals surface area contributed by atoms with Crippen LogP contribution in [0.3, 0.4) is 0 Å². The highest BCUT2D eigenvalue weighted by atomic mass is 16.6. The van der Waals surface area contributed by atoms with E-state index in [0.717, 1.165) is 10.9 Å². The number of pyridine rings is 1. The summed E-state index contributed by atoms with van der Waals surface area (Å²) in [7, 11) is 0. The molecule has 0 fully saturated rings. The van der Waals surface area contributed by atoms with Crippen LogP contribution in [-0.4, -0.2) is 24.9 Å². The van der Waals surface area contributed by atoms with Gasteiger partial charge in [-0.15, -0.1) is 0 Å². The zero-order valence-electron chi connectivity index (χ0n) is 11.2. The van der Waals surface area contributed by atoms with Crippen LogP contribution >= 0.6 is 0 Å². The van der Waals surface area contributed by atoms with E-state index in [1.54, 1.807) is 0 Å². The van der Waals surface area contributed by atoms with E-state index >= 15 is 0 Å². The number of nitro groups is 1. The number of hydrogen-bond acceptors (Lipinski definition) is 5. The number of hydrogen-bond donors (Lipinski definition) is 1. The molecule has 1 N–H and O–H groups in total. The van der Waals surface area contributed by atoms with Gasteiger partial charge in [-0.1, -0.05) is 18.2 Å². The lowest BCUT2D eigenvalue weighted by Crippen LogP contribution is -1.96. The lowest BCUT2D eigenvalue weighted by Gasteiger charge is -2.01.